The fraction of sp³-hybridized carbons (Fsp3) is 0.0667. The molecule has 0 radical (unpaired) electrons. The van der Waals surface area contributed by atoms with Gasteiger partial charge in [0.25, 0.3) is 0 Å². The molecule has 0 unspecified atom stereocenters. The number of halogens is 1. The predicted molar refractivity (Wildman–Crippen MR) is 82.5 cm³/mol. The van der Waals surface area contributed by atoms with Crippen LogP contribution in [-0.4, -0.2) is 29.7 Å². The van der Waals surface area contributed by atoms with Crippen LogP contribution in [0, 0.1) is 5.82 Å². The number of benzene rings is 1. The van der Waals surface area contributed by atoms with E-state index in [-0.39, 0.29) is 5.82 Å². The van der Waals surface area contributed by atoms with Crippen LogP contribution in [0.4, 0.5) is 10.2 Å². The van der Waals surface area contributed by atoms with E-state index in [2.05, 4.69) is 30.5 Å². The van der Waals surface area contributed by atoms with Gasteiger partial charge in [-0.25, -0.2) is 19.3 Å². The van der Waals surface area contributed by atoms with E-state index in [1.54, 1.807) is 35.6 Å². The van der Waals surface area contributed by atoms with Gasteiger partial charge < -0.3 is 9.88 Å². The van der Waals surface area contributed by atoms with Gasteiger partial charge in [0.2, 0.25) is 0 Å². The average Bonchev–Trinajstić information content (AvgIpc) is 3.24. The number of fused-ring (bicyclic) bond motifs is 1. The van der Waals surface area contributed by atoms with E-state index in [4.69, 9.17) is 0 Å². The summed E-state index contributed by atoms with van der Waals surface area (Å²) >= 11 is 0. The summed E-state index contributed by atoms with van der Waals surface area (Å²) in [6.45, 7) is 0.443. The maximum atomic E-state index is 14.2. The molecule has 0 spiro atoms. The van der Waals surface area contributed by atoms with Crippen LogP contribution in [0.2, 0.25) is 0 Å². The summed E-state index contributed by atoms with van der Waals surface area (Å²) < 4.78 is 15.9. The van der Waals surface area contributed by atoms with E-state index in [1.807, 2.05) is 6.07 Å². The molecule has 4 aromatic rings. The van der Waals surface area contributed by atoms with E-state index in [0.717, 1.165) is 10.9 Å². The van der Waals surface area contributed by atoms with Gasteiger partial charge in [-0.05, 0) is 17.7 Å². The van der Waals surface area contributed by atoms with Crippen molar-refractivity contribution in [3.05, 3.63) is 60.8 Å². The van der Waals surface area contributed by atoms with Crippen LogP contribution in [0.15, 0.2) is 49.4 Å². The molecule has 23 heavy (non-hydrogen) atoms. The first-order valence-electron chi connectivity index (χ1n) is 6.96. The topological polar surface area (TPSA) is 84.3 Å². The van der Waals surface area contributed by atoms with E-state index in [0.29, 0.717) is 23.7 Å². The Kier molecular flexibility index (Phi) is 3.19. The second-order valence-corrected chi connectivity index (χ2v) is 4.96. The normalized spacial score (nSPS) is 11.0. The Morgan fingerprint density at radius 1 is 1.26 bits per heavy atom. The summed E-state index contributed by atoms with van der Waals surface area (Å²) in [6, 6.07) is 5.08. The molecule has 3 aromatic heterocycles. The van der Waals surface area contributed by atoms with Crippen molar-refractivity contribution in [2.24, 2.45) is 0 Å². The second kappa shape index (κ2) is 5.48. The Bertz CT molecular complexity index is 946. The minimum absolute atomic E-state index is 0.307. The molecular weight excluding hydrogens is 297 g/mol. The highest BCUT2D eigenvalue weighted by molar-refractivity contribution is 5.85. The van der Waals surface area contributed by atoms with Crippen molar-refractivity contribution in [1.82, 2.24) is 29.7 Å². The lowest BCUT2D eigenvalue weighted by atomic mass is 10.2. The summed E-state index contributed by atoms with van der Waals surface area (Å²) in [6.07, 6.45) is 7.98. The number of H-pyrrole nitrogens is 1. The molecule has 0 saturated carbocycles. The van der Waals surface area contributed by atoms with E-state index < -0.39 is 0 Å². The number of rotatable bonds is 4. The first-order chi connectivity index (χ1) is 11.3. The first-order valence-corrected chi connectivity index (χ1v) is 6.96. The average molecular weight is 309 g/mol. The number of nitrogens with one attached hydrogen (secondary N) is 2. The molecule has 2 N–H and O–H groups in total. The Labute approximate surface area is 130 Å². The smallest absolute Gasteiger partial charge is 0.160 e. The minimum Gasteiger partial charge on any atom is -0.365 e. The zero-order valence-electron chi connectivity index (χ0n) is 11.9. The molecular formula is C15H12FN7. The molecule has 1 aromatic carbocycles. The number of aromatic amines is 1. The highest BCUT2D eigenvalue weighted by atomic mass is 19.1. The molecule has 4 rings (SSSR count). The molecule has 0 aliphatic rings. The molecule has 0 bridgehead atoms. The number of imidazole rings is 1. The fourth-order valence-electron chi connectivity index (χ4n) is 2.36. The van der Waals surface area contributed by atoms with Crippen LogP contribution in [-0.2, 0) is 6.54 Å². The highest BCUT2D eigenvalue weighted by Crippen LogP contribution is 2.19. The van der Waals surface area contributed by atoms with Crippen LogP contribution in [0.3, 0.4) is 0 Å². The quantitative estimate of drug-likeness (QED) is 0.604. The van der Waals surface area contributed by atoms with Crippen molar-refractivity contribution in [1.29, 1.82) is 0 Å². The third-order valence-electron chi connectivity index (χ3n) is 3.50. The largest absolute Gasteiger partial charge is 0.365 e. The van der Waals surface area contributed by atoms with Gasteiger partial charge >= 0.3 is 0 Å². The lowest BCUT2D eigenvalue weighted by Crippen LogP contribution is -2.03. The number of hydrogen-bond acceptors (Lipinski definition) is 5. The summed E-state index contributed by atoms with van der Waals surface area (Å²) in [5.74, 6) is 0.348. The molecule has 0 aliphatic heterocycles. The number of aromatic nitrogens is 6. The van der Waals surface area contributed by atoms with Crippen molar-refractivity contribution in [2.75, 3.05) is 5.32 Å². The van der Waals surface area contributed by atoms with Gasteiger partial charge in [-0.2, -0.15) is 5.10 Å². The molecule has 0 amide bonds. The zero-order valence-corrected chi connectivity index (χ0v) is 11.9. The maximum Gasteiger partial charge on any atom is 0.160 e. The van der Waals surface area contributed by atoms with E-state index in [9.17, 15) is 4.39 Å². The minimum atomic E-state index is -0.307. The lowest BCUT2D eigenvalue weighted by Gasteiger charge is -2.09. The molecule has 0 aliphatic carbocycles. The van der Waals surface area contributed by atoms with Gasteiger partial charge in [-0.3, -0.25) is 5.10 Å². The Balaban J connectivity index is 1.55. The van der Waals surface area contributed by atoms with Gasteiger partial charge in [0.1, 0.15) is 18.0 Å². The SMILES string of the molecule is Fc1cc(CNc2ncnc3[nH]ncc23)ccc1-n1ccnc1. The van der Waals surface area contributed by atoms with Gasteiger partial charge in [-0.15, -0.1) is 0 Å². The highest BCUT2D eigenvalue weighted by Gasteiger charge is 2.07. The zero-order chi connectivity index (χ0) is 15.6. The van der Waals surface area contributed by atoms with Crippen molar-refractivity contribution in [3.63, 3.8) is 0 Å². The Hall–Kier alpha value is -3.29. The van der Waals surface area contributed by atoms with E-state index >= 15 is 0 Å². The van der Waals surface area contributed by atoms with Gasteiger partial charge in [0, 0.05) is 18.9 Å². The van der Waals surface area contributed by atoms with Crippen LogP contribution in [0.1, 0.15) is 5.56 Å². The van der Waals surface area contributed by atoms with Gasteiger partial charge in [-0.1, -0.05) is 6.07 Å². The Morgan fingerprint density at radius 2 is 2.22 bits per heavy atom. The monoisotopic (exact) mass is 309 g/mol. The van der Waals surface area contributed by atoms with Crippen LogP contribution < -0.4 is 5.32 Å². The van der Waals surface area contributed by atoms with Gasteiger partial charge in [0.05, 0.1) is 23.6 Å². The fourth-order valence-corrected chi connectivity index (χ4v) is 2.36. The number of nitrogens with zero attached hydrogens (tertiary/aromatic N) is 5. The molecule has 0 atom stereocenters. The van der Waals surface area contributed by atoms with Gasteiger partial charge in [0.15, 0.2) is 5.65 Å². The second-order valence-electron chi connectivity index (χ2n) is 4.96. The standard InChI is InChI=1S/C15H12FN7/c16-12-5-10(1-2-13(12)23-4-3-17-9-23)6-18-14-11-7-21-22-15(11)20-8-19-14/h1-5,7-9H,6H2,(H2,18,19,20,21,22). The molecule has 0 fully saturated rings. The van der Waals surface area contributed by atoms with Crippen molar-refractivity contribution >= 4 is 16.9 Å². The van der Waals surface area contributed by atoms with Crippen molar-refractivity contribution in [3.8, 4) is 5.69 Å². The third kappa shape index (κ3) is 2.50. The lowest BCUT2D eigenvalue weighted by molar-refractivity contribution is 0.616. The molecule has 8 heteroatoms. The number of anilines is 1. The van der Waals surface area contributed by atoms with Crippen molar-refractivity contribution in [2.45, 2.75) is 6.54 Å². The summed E-state index contributed by atoms with van der Waals surface area (Å²) in [5.41, 5.74) is 1.93. The Morgan fingerprint density at radius 3 is 3.04 bits per heavy atom. The molecule has 0 saturated heterocycles. The predicted octanol–water partition coefficient (Wildman–Crippen LogP) is 2.29. The first kappa shape index (κ1) is 13.4. The number of hydrogen-bond donors (Lipinski definition) is 2. The summed E-state index contributed by atoms with van der Waals surface area (Å²) in [7, 11) is 0. The molecule has 7 nitrogen and oxygen atoms in total. The van der Waals surface area contributed by atoms with Crippen molar-refractivity contribution < 1.29 is 4.39 Å². The van der Waals surface area contributed by atoms with Crippen LogP contribution in [0.25, 0.3) is 16.7 Å². The third-order valence-corrected chi connectivity index (χ3v) is 3.50. The van der Waals surface area contributed by atoms with Crippen LogP contribution >= 0.6 is 0 Å². The van der Waals surface area contributed by atoms with Crippen LogP contribution in [0.5, 0.6) is 0 Å². The summed E-state index contributed by atoms with van der Waals surface area (Å²) in [5, 5.41) is 10.7. The molecule has 114 valence electrons. The maximum absolute atomic E-state index is 14.2. The summed E-state index contributed by atoms with van der Waals surface area (Å²) in [4.78, 5) is 12.2. The van der Waals surface area contributed by atoms with E-state index in [1.165, 1.54) is 12.4 Å². The molecule has 3 heterocycles.